The van der Waals surface area contributed by atoms with Crippen molar-refractivity contribution in [2.75, 3.05) is 33.4 Å². The molecule has 0 aliphatic heterocycles. The quantitative estimate of drug-likeness (QED) is 0.687. The van der Waals surface area contributed by atoms with Crippen molar-refractivity contribution < 1.29 is 14.6 Å². The van der Waals surface area contributed by atoms with Gasteiger partial charge in [0.1, 0.15) is 0 Å². The zero-order valence-electron chi connectivity index (χ0n) is 12.0. The monoisotopic (exact) mass is 280 g/mol. The summed E-state index contributed by atoms with van der Waals surface area (Å²) in [7, 11) is 1.58. The van der Waals surface area contributed by atoms with Gasteiger partial charge in [-0.15, -0.1) is 0 Å². The summed E-state index contributed by atoms with van der Waals surface area (Å²) < 4.78 is 4.96. The summed E-state index contributed by atoms with van der Waals surface area (Å²) in [6.07, 6.45) is 1.36. The molecular weight excluding hydrogens is 256 g/mol. The van der Waals surface area contributed by atoms with Crippen LogP contribution in [0.15, 0.2) is 30.3 Å². The second-order valence-corrected chi connectivity index (χ2v) is 4.67. The van der Waals surface area contributed by atoms with Crippen LogP contribution in [0.1, 0.15) is 12.0 Å². The molecule has 0 saturated heterocycles. The molecular formula is C15H24N2O3. The van der Waals surface area contributed by atoms with Crippen LogP contribution in [0, 0.1) is 0 Å². The summed E-state index contributed by atoms with van der Waals surface area (Å²) >= 11 is 0. The first-order valence-corrected chi connectivity index (χ1v) is 6.87. The van der Waals surface area contributed by atoms with Crippen LogP contribution >= 0.6 is 0 Å². The zero-order valence-corrected chi connectivity index (χ0v) is 12.0. The van der Waals surface area contributed by atoms with Crippen molar-refractivity contribution in [3.05, 3.63) is 35.9 Å². The molecule has 1 unspecified atom stereocenters. The standard InChI is InChI=1S/C15H24N2O3/c1-20-12-10-17(9-11-18)15(19)14(16)8-7-13-5-3-2-4-6-13/h2-6,14,18H,7-12,16H2,1H3. The van der Waals surface area contributed by atoms with E-state index in [4.69, 9.17) is 15.6 Å². The van der Waals surface area contributed by atoms with E-state index in [1.165, 1.54) is 5.56 Å². The second-order valence-electron chi connectivity index (χ2n) is 4.67. The van der Waals surface area contributed by atoms with E-state index in [9.17, 15) is 4.79 Å². The van der Waals surface area contributed by atoms with E-state index in [1.807, 2.05) is 30.3 Å². The molecule has 20 heavy (non-hydrogen) atoms. The lowest BCUT2D eigenvalue weighted by Crippen LogP contribution is -2.46. The van der Waals surface area contributed by atoms with Crippen LogP contribution in [-0.2, 0) is 16.0 Å². The average Bonchev–Trinajstić information content (AvgIpc) is 2.49. The number of hydrogen-bond acceptors (Lipinski definition) is 4. The van der Waals surface area contributed by atoms with Crippen molar-refractivity contribution in [1.29, 1.82) is 0 Å². The van der Waals surface area contributed by atoms with Gasteiger partial charge in [0.05, 0.1) is 19.3 Å². The Bertz CT molecular complexity index is 384. The molecule has 5 heteroatoms. The van der Waals surface area contributed by atoms with Crippen molar-refractivity contribution in [2.45, 2.75) is 18.9 Å². The Hall–Kier alpha value is -1.43. The number of nitrogens with zero attached hydrogens (tertiary/aromatic N) is 1. The number of carbonyl (C=O) groups is 1. The Labute approximate surface area is 120 Å². The largest absolute Gasteiger partial charge is 0.395 e. The number of nitrogens with two attached hydrogens (primary N) is 1. The third-order valence-corrected chi connectivity index (χ3v) is 3.15. The van der Waals surface area contributed by atoms with Gasteiger partial charge in [0, 0.05) is 20.2 Å². The van der Waals surface area contributed by atoms with E-state index < -0.39 is 6.04 Å². The van der Waals surface area contributed by atoms with E-state index in [1.54, 1.807) is 12.0 Å². The average molecular weight is 280 g/mol. The number of ether oxygens (including phenoxy) is 1. The lowest BCUT2D eigenvalue weighted by atomic mass is 10.0. The molecule has 0 heterocycles. The van der Waals surface area contributed by atoms with Gasteiger partial charge in [-0.05, 0) is 18.4 Å². The summed E-state index contributed by atoms with van der Waals surface area (Å²) in [6, 6.07) is 9.40. The molecule has 0 aliphatic carbocycles. The van der Waals surface area contributed by atoms with Gasteiger partial charge in [-0.1, -0.05) is 30.3 Å². The number of aliphatic hydroxyl groups is 1. The number of rotatable bonds is 9. The van der Waals surface area contributed by atoms with Crippen molar-refractivity contribution in [2.24, 2.45) is 5.73 Å². The molecule has 5 nitrogen and oxygen atoms in total. The van der Waals surface area contributed by atoms with Gasteiger partial charge in [-0.25, -0.2) is 0 Å². The Balaban J connectivity index is 2.46. The Morgan fingerprint density at radius 3 is 2.65 bits per heavy atom. The number of aryl methyl sites for hydroxylation is 1. The number of amides is 1. The maximum atomic E-state index is 12.2. The van der Waals surface area contributed by atoms with Gasteiger partial charge in [0.2, 0.25) is 5.91 Å². The molecule has 1 amide bonds. The van der Waals surface area contributed by atoms with E-state index in [0.29, 0.717) is 26.1 Å². The fourth-order valence-corrected chi connectivity index (χ4v) is 1.98. The topological polar surface area (TPSA) is 75.8 Å². The molecule has 1 aromatic rings. The van der Waals surface area contributed by atoms with E-state index in [2.05, 4.69) is 0 Å². The molecule has 1 rings (SSSR count). The third-order valence-electron chi connectivity index (χ3n) is 3.15. The highest BCUT2D eigenvalue weighted by Crippen LogP contribution is 2.06. The van der Waals surface area contributed by atoms with Gasteiger partial charge >= 0.3 is 0 Å². The SMILES string of the molecule is COCCN(CCO)C(=O)C(N)CCc1ccccc1. The number of carbonyl (C=O) groups excluding carboxylic acids is 1. The Morgan fingerprint density at radius 2 is 2.05 bits per heavy atom. The number of benzene rings is 1. The second kappa shape index (κ2) is 9.47. The maximum Gasteiger partial charge on any atom is 0.239 e. The molecule has 0 saturated carbocycles. The minimum atomic E-state index is -0.543. The molecule has 112 valence electrons. The Kier molecular flexibility index (Phi) is 7.87. The molecule has 1 atom stereocenters. The van der Waals surface area contributed by atoms with Gasteiger partial charge in [-0.3, -0.25) is 4.79 Å². The van der Waals surface area contributed by atoms with Crippen molar-refractivity contribution >= 4 is 5.91 Å². The van der Waals surface area contributed by atoms with Gasteiger partial charge in [0.15, 0.2) is 0 Å². The normalized spacial score (nSPS) is 12.2. The van der Waals surface area contributed by atoms with Crippen molar-refractivity contribution in [3.8, 4) is 0 Å². The minimum absolute atomic E-state index is 0.0686. The smallest absolute Gasteiger partial charge is 0.239 e. The highest BCUT2D eigenvalue weighted by molar-refractivity contribution is 5.81. The lowest BCUT2D eigenvalue weighted by molar-refractivity contribution is -0.133. The van der Waals surface area contributed by atoms with Crippen LogP contribution in [0.25, 0.3) is 0 Å². The van der Waals surface area contributed by atoms with Crippen molar-refractivity contribution in [3.63, 3.8) is 0 Å². The van der Waals surface area contributed by atoms with Crippen LogP contribution in [0.5, 0.6) is 0 Å². The van der Waals surface area contributed by atoms with Crippen LogP contribution in [0.4, 0.5) is 0 Å². The number of methoxy groups -OCH3 is 1. The first-order chi connectivity index (χ1) is 9.69. The molecule has 1 aromatic carbocycles. The Morgan fingerprint density at radius 1 is 1.35 bits per heavy atom. The highest BCUT2D eigenvalue weighted by Gasteiger charge is 2.20. The summed E-state index contributed by atoms with van der Waals surface area (Å²) in [5, 5.41) is 9.00. The molecule has 0 aliphatic rings. The summed E-state index contributed by atoms with van der Waals surface area (Å²) in [4.78, 5) is 13.7. The minimum Gasteiger partial charge on any atom is -0.395 e. The molecule has 0 radical (unpaired) electrons. The highest BCUT2D eigenvalue weighted by atomic mass is 16.5. The first kappa shape index (κ1) is 16.6. The van der Waals surface area contributed by atoms with E-state index in [-0.39, 0.29) is 12.5 Å². The molecule has 0 spiro atoms. The van der Waals surface area contributed by atoms with Crippen LogP contribution in [0.2, 0.25) is 0 Å². The first-order valence-electron chi connectivity index (χ1n) is 6.87. The summed E-state index contributed by atoms with van der Waals surface area (Å²) in [5.41, 5.74) is 7.12. The third kappa shape index (κ3) is 5.69. The van der Waals surface area contributed by atoms with Crippen molar-refractivity contribution in [1.82, 2.24) is 4.90 Å². The predicted molar refractivity (Wildman–Crippen MR) is 78.3 cm³/mol. The number of hydrogen-bond donors (Lipinski definition) is 2. The van der Waals surface area contributed by atoms with Crippen LogP contribution in [-0.4, -0.2) is 55.4 Å². The summed E-state index contributed by atoms with van der Waals surface area (Å²) in [6.45, 7) is 1.12. The van der Waals surface area contributed by atoms with Gasteiger partial charge < -0.3 is 20.5 Å². The van der Waals surface area contributed by atoms with Crippen LogP contribution < -0.4 is 5.73 Å². The predicted octanol–water partition coefficient (Wildman–Crippen LogP) is 0.414. The zero-order chi connectivity index (χ0) is 14.8. The van der Waals surface area contributed by atoms with Crippen LogP contribution in [0.3, 0.4) is 0 Å². The summed E-state index contributed by atoms with van der Waals surface area (Å²) in [5.74, 6) is -0.132. The van der Waals surface area contributed by atoms with E-state index >= 15 is 0 Å². The fourth-order valence-electron chi connectivity index (χ4n) is 1.98. The lowest BCUT2D eigenvalue weighted by Gasteiger charge is -2.24. The number of aliphatic hydroxyl groups excluding tert-OH is 1. The van der Waals surface area contributed by atoms with Gasteiger partial charge in [-0.2, -0.15) is 0 Å². The molecule has 0 bridgehead atoms. The molecule has 3 N–H and O–H groups in total. The van der Waals surface area contributed by atoms with Gasteiger partial charge in [0.25, 0.3) is 0 Å². The molecule has 0 aromatic heterocycles. The molecule has 0 fully saturated rings. The fraction of sp³-hybridized carbons (Fsp3) is 0.533. The maximum absolute atomic E-state index is 12.2. The van der Waals surface area contributed by atoms with E-state index in [0.717, 1.165) is 6.42 Å².